The molecule has 1 aromatic rings. The molecule has 1 aliphatic carbocycles. The minimum Gasteiger partial charge on any atom is -0.409 e. The fourth-order valence-corrected chi connectivity index (χ4v) is 2.11. The maximum Gasteiger partial charge on any atom is 0.170 e. The molecule has 1 saturated carbocycles. The van der Waals surface area contributed by atoms with Crippen LogP contribution in [-0.2, 0) is 0 Å². The van der Waals surface area contributed by atoms with Crippen molar-refractivity contribution in [2.24, 2.45) is 16.8 Å². The van der Waals surface area contributed by atoms with Crippen molar-refractivity contribution in [3.8, 4) is 0 Å². The summed E-state index contributed by atoms with van der Waals surface area (Å²) in [4.78, 5) is 2.42. The summed E-state index contributed by atoms with van der Waals surface area (Å²) < 4.78 is 0. The van der Waals surface area contributed by atoms with E-state index in [9.17, 15) is 0 Å². The van der Waals surface area contributed by atoms with E-state index in [1.807, 2.05) is 24.3 Å². The smallest absolute Gasteiger partial charge is 0.170 e. The van der Waals surface area contributed by atoms with Gasteiger partial charge in [0.05, 0.1) is 0 Å². The van der Waals surface area contributed by atoms with E-state index in [4.69, 9.17) is 10.9 Å². The molecule has 0 amide bonds. The highest BCUT2D eigenvalue weighted by molar-refractivity contribution is 5.97. The second kappa shape index (κ2) is 5.76. The van der Waals surface area contributed by atoms with E-state index in [2.05, 4.69) is 17.0 Å². The average molecular weight is 247 g/mol. The number of hydrogen-bond acceptors (Lipinski definition) is 3. The summed E-state index contributed by atoms with van der Waals surface area (Å²) in [6.45, 7) is 4.43. The molecule has 18 heavy (non-hydrogen) atoms. The van der Waals surface area contributed by atoms with Crippen molar-refractivity contribution < 1.29 is 5.21 Å². The van der Waals surface area contributed by atoms with E-state index in [0.29, 0.717) is 0 Å². The summed E-state index contributed by atoms with van der Waals surface area (Å²) in [5, 5.41) is 11.6. The van der Waals surface area contributed by atoms with Crippen LogP contribution in [0.4, 0.5) is 5.69 Å². The molecule has 3 N–H and O–H groups in total. The molecule has 0 saturated heterocycles. The van der Waals surface area contributed by atoms with E-state index in [-0.39, 0.29) is 5.84 Å². The zero-order valence-electron chi connectivity index (χ0n) is 10.8. The number of amidine groups is 1. The largest absolute Gasteiger partial charge is 0.409 e. The number of benzene rings is 1. The fourth-order valence-electron chi connectivity index (χ4n) is 2.11. The second-order valence-corrected chi connectivity index (χ2v) is 4.92. The maximum atomic E-state index is 8.63. The zero-order valence-corrected chi connectivity index (χ0v) is 10.8. The number of rotatable bonds is 6. The minimum absolute atomic E-state index is 0.158. The van der Waals surface area contributed by atoms with Crippen LogP contribution < -0.4 is 10.6 Å². The molecule has 0 unspecified atom stereocenters. The number of oxime groups is 1. The number of nitrogens with two attached hydrogens (primary N) is 1. The molecule has 0 heterocycles. The number of nitrogens with zero attached hydrogens (tertiary/aromatic N) is 2. The van der Waals surface area contributed by atoms with Crippen LogP contribution in [0, 0.1) is 5.92 Å². The summed E-state index contributed by atoms with van der Waals surface area (Å²) in [6, 6.07) is 7.90. The van der Waals surface area contributed by atoms with Crippen molar-refractivity contribution in [3.63, 3.8) is 0 Å². The average Bonchev–Trinajstić information content (AvgIpc) is 3.21. The molecule has 1 aromatic carbocycles. The maximum absolute atomic E-state index is 8.63. The predicted molar refractivity (Wildman–Crippen MR) is 74.2 cm³/mol. The van der Waals surface area contributed by atoms with E-state index < -0.39 is 0 Å². The quantitative estimate of drug-likeness (QED) is 0.351. The molecule has 4 nitrogen and oxygen atoms in total. The van der Waals surface area contributed by atoms with Crippen molar-refractivity contribution in [2.45, 2.75) is 26.2 Å². The lowest BCUT2D eigenvalue weighted by molar-refractivity contribution is 0.318. The summed E-state index contributed by atoms with van der Waals surface area (Å²) in [7, 11) is 0. The van der Waals surface area contributed by atoms with Gasteiger partial charge in [-0.25, -0.2) is 0 Å². The molecule has 1 aliphatic rings. The van der Waals surface area contributed by atoms with E-state index in [1.165, 1.54) is 18.5 Å². The monoisotopic (exact) mass is 247 g/mol. The Hall–Kier alpha value is -1.71. The third kappa shape index (κ3) is 3.15. The van der Waals surface area contributed by atoms with Crippen molar-refractivity contribution in [3.05, 3.63) is 29.8 Å². The van der Waals surface area contributed by atoms with Crippen LogP contribution >= 0.6 is 0 Å². The Morgan fingerprint density at radius 2 is 2.06 bits per heavy atom. The van der Waals surface area contributed by atoms with Gasteiger partial charge in [0.1, 0.15) is 0 Å². The van der Waals surface area contributed by atoms with Gasteiger partial charge in [0.15, 0.2) is 5.84 Å². The molecule has 1 fully saturated rings. The first kappa shape index (κ1) is 12.7. The van der Waals surface area contributed by atoms with Gasteiger partial charge in [-0.2, -0.15) is 0 Å². The van der Waals surface area contributed by atoms with Crippen LogP contribution in [0.1, 0.15) is 31.7 Å². The highest BCUT2D eigenvalue weighted by atomic mass is 16.4. The minimum atomic E-state index is 0.158. The molecule has 0 aromatic heterocycles. The molecule has 0 aliphatic heterocycles. The van der Waals surface area contributed by atoms with Gasteiger partial charge in [-0.1, -0.05) is 12.1 Å². The normalized spacial score (nSPS) is 15.7. The third-order valence-corrected chi connectivity index (χ3v) is 3.30. The van der Waals surface area contributed by atoms with Crippen LogP contribution in [-0.4, -0.2) is 24.1 Å². The summed E-state index contributed by atoms with van der Waals surface area (Å²) in [5.74, 6) is 1.03. The molecule has 0 bridgehead atoms. The van der Waals surface area contributed by atoms with Crippen LogP contribution in [0.2, 0.25) is 0 Å². The molecule has 4 heteroatoms. The Labute approximate surface area is 108 Å². The van der Waals surface area contributed by atoms with Gasteiger partial charge in [-0.05, 0) is 49.4 Å². The molecule has 0 atom stereocenters. The van der Waals surface area contributed by atoms with Crippen molar-refractivity contribution >= 4 is 11.5 Å². The summed E-state index contributed by atoms with van der Waals surface area (Å²) in [5.41, 5.74) is 7.53. The van der Waals surface area contributed by atoms with E-state index in [1.54, 1.807) is 0 Å². The van der Waals surface area contributed by atoms with Gasteiger partial charge in [-0.3, -0.25) is 0 Å². The molecule has 0 radical (unpaired) electrons. The first-order valence-electron chi connectivity index (χ1n) is 6.57. The van der Waals surface area contributed by atoms with Gasteiger partial charge in [0.2, 0.25) is 0 Å². The van der Waals surface area contributed by atoms with Crippen LogP contribution in [0.15, 0.2) is 29.4 Å². The van der Waals surface area contributed by atoms with Gasteiger partial charge in [0.25, 0.3) is 0 Å². The fraction of sp³-hybridized carbons (Fsp3) is 0.500. The highest BCUT2D eigenvalue weighted by Gasteiger charge is 2.24. The second-order valence-electron chi connectivity index (χ2n) is 4.92. The third-order valence-electron chi connectivity index (χ3n) is 3.30. The van der Waals surface area contributed by atoms with E-state index in [0.717, 1.165) is 31.0 Å². The lowest BCUT2D eigenvalue weighted by Gasteiger charge is -2.24. The van der Waals surface area contributed by atoms with Crippen LogP contribution in [0.25, 0.3) is 0 Å². The zero-order chi connectivity index (χ0) is 13.0. The standard InChI is InChI=1S/C14H21N3O/c1-2-9-17(10-11-3-4-11)13-7-5-12(6-8-13)14(15)16-18/h5-8,11,18H,2-4,9-10H2,1H3,(H2,15,16). The van der Waals surface area contributed by atoms with Crippen molar-refractivity contribution in [1.29, 1.82) is 0 Å². The van der Waals surface area contributed by atoms with E-state index >= 15 is 0 Å². The summed E-state index contributed by atoms with van der Waals surface area (Å²) in [6.07, 6.45) is 3.87. The van der Waals surface area contributed by atoms with Gasteiger partial charge < -0.3 is 15.8 Å². The first-order chi connectivity index (χ1) is 8.74. The Bertz CT molecular complexity index is 410. The molecular weight excluding hydrogens is 226 g/mol. The first-order valence-corrected chi connectivity index (χ1v) is 6.57. The Kier molecular flexibility index (Phi) is 4.07. The Morgan fingerprint density at radius 3 is 2.56 bits per heavy atom. The molecule has 2 rings (SSSR count). The Balaban J connectivity index is 2.09. The lowest BCUT2D eigenvalue weighted by Crippen LogP contribution is -2.26. The van der Waals surface area contributed by atoms with Gasteiger partial charge in [-0.15, -0.1) is 0 Å². The summed E-state index contributed by atoms with van der Waals surface area (Å²) >= 11 is 0. The predicted octanol–water partition coefficient (Wildman–Crippen LogP) is 2.41. The van der Waals surface area contributed by atoms with Crippen molar-refractivity contribution in [1.82, 2.24) is 0 Å². The van der Waals surface area contributed by atoms with Gasteiger partial charge in [0, 0.05) is 24.3 Å². The number of hydrogen-bond donors (Lipinski definition) is 2. The Morgan fingerprint density at radius 1 is 1.39 bits per heavy atom. The number of anilines is 1. The highest BCUT2D eigenvalue weighted by Crippen LogP contribution is 2.31. The molecular formula is C14H21N3O. The topological polar surface area (TPSA) is 61.8 Å². The van der Waals surface area contributed by atoms with Crippen molar-refractivity contribution in [2.75, 3.05) is 18.0 Å². The molecule has 98 valence electrons. The lowest BCUT2D eigenvalue weighted by atomic mass is 10.1. The SMILES string of the molecule is CCCN(CC1CC1)c1ccc(C(N)=NO)cc1. The van der Waals surface area contributed by atoms with Crippen LogP contribution in [0.3, 0.4) is 0 Å². The van der Waals surface area contributed by atoms with Crippen LogP contribution in [0.5, 0.6) is 0 Å². The molecule has 0 spiro atoms. The van der Waals surface area contributed by atoms with Gasteiger partial charge >= 0.3 is 0 Å².